The molecule has 1 atom stereocenters. The Hall–Kier alpha value is -4.78. The van der Waals surface area contributed by atoms with Gasteiger partial charge in [0.05, 0.1) is 36.3 Å². The SMILES string of the molecule is CCOc1cccc(C2c3cccn3-c3c(c(C)nn3-c3ccccc3)CN2C(=O)NCc2ccc(C)cc2)c1. The number of rotatable bonds is 6. The Morgan fingerprint density at radius 1 is 0.975 bits per heavy atom. The molecule has 0 bridgehead atoms. The van der Waals surface area contributed by atoms with Crippen molar-refractivity contribution < 1.29 is 9.53 Å². The molecular weight excluding hydrogens is 498 g/mol. The van der Waals surface area contributed by atoms with Crippen molar-refractivity contribution in [3.05, 3.63) is 131 Å². The maximum atomic E-state index is 14.1. The maximum absolute atomic E-state index is 14.1. The Bertz CT molecular complexity index is 1640. The van der Waals surface area contributed by atoms with E-state index in [9.17, 15) is 4.79 Å². The number of aromatic nitrogens is 3. The van der Waals surface area contributed by atoms with Gasteiger partial charge in [-0.1, -0.05) is 60.2 Å². The van der Waals surface area contributed by atoms with Crippen LogP contribution in [0.4, 0.5) is 4.79 Å². The molecule has 1 aliphatic rings. The molecule has 0 aliphatic carbocycles. The summed E-state index contributed by atoms with van der Waals surface area (Å²) < 4.78 is 10.0. The number of aryl methyl sites for hydroxylation is 2. The van der Waals surface area contributed by atoms with Crippen LogP contribution in [0.1, 0.15) is 46.6 Å². The molecule has 2 aromatic heterocycles. The van der Waals surface area contributed by atoms with Crippen molar-refractivity contribution in [3.8, 4) is 17.3 Å². The molecule has 7 nitrogen and oxygen atoms in total. The van der Waals surface area contributed by atoms with Crippen LogP contribution in [-0.2, 0) is 13.1 Å². The number of hydrogen-bond donors (Lipinski definition) is 1. The van der Waals surface area contributed by atoms with E-state index >= 15 is 0 Å². The van der Waals surface area contributed by atoms with Crippen LogP contribution in [0.25, 0.3) is 11.5 Å². The molecule has 7 heteroatoms. The zero-order chi connectivity index (χ0) is 27.6. The van der Waals surface area contributed by atoms with E-state index in [2.05, 4.69) is 71.5 Å². The smallest absolute Gasteiger partial charge is 0.318 e. The Morgan fingerprint density at radius 3 is 2.55 bits per heavy atom. The van der Waals surface area contributed by atoms with Crippen LogP contribution in [-0.4, -0.2) is 31.9 Å². The van der Waals surface area contributed by atoms with Gasteiger partial charge < -0.3 is 19.5 Å². The number of carbonyl (C=O) groups is 1. The largest absolute Gasteiger partial charge is 0.494 e. The van der Waals surface area contributed by atoms with Crippen LogP contribution in [0, 0.1) is 13.8 Å². The standard InChI is InChI=1S/C33H33N5O2/c1-4-40-28-13-8-10-26(20-28)31-30-14-9-19-36(30)32-29(24(3)35-38(32)27-11-6-5-7-12-27)22-37(31)33(39)34-21-25-17-15-23(2)16-18-25/h5-20,31H,4,21-22H2,1-3H3,(H,34,39). The summed E-state index contributed by atoms with van der Waals surface area (Å²) in [5.74, 6) is 1.73. The molecule has 5 aromatic rings. The van der Waals surface area contributed by atoms with Crippen molar-refractivity contribution >= 4 is 6.03 Å². The summed E-state index contributed by atoms with van der Waals surface area (Å²) in [7, 11) is 0. The second-order valence-corrected chi connectivity index (χ2v) is 10.1. The third-order valence-electron chi connectivity index (χ3n) is 7.40. The number of nitrogens with zero attached hydrogens (tertiary/aromatic N) is 4. The third-order valence-corrected chi connectivity index (χ3v) is 7.40. The molecule has 2 amide bonds. The number of benzene rings is 3. The lowest BCUT2D eigenvalue weighted by atomic mass is 10.0. The van der Waals surface area contributed by atoms with Crippen LogP contribution < -0.4 is 10.1 Å². The molecule has 3 heterocycles. The molecule has 1 N–H and O–H groups in total. The molecular formula is C33H33N5O2. The first-order valence-corrected chi connectivity index (χ1v) is 13.7. The fourth-order valence-electron chi connectivity index (χ4n) is 5.43. The predicted octanol–water partition coefficient (Wildman–Crippen LogP) is 6.49. The number of hydrogen-bond acceptors (Lipinski definition) is 3. The topological polar surface area (TPSA) is 64.3 Å². The Kier molecular flexibility index (Phi) is 6.86. The predicted molar refractivity (Wildman–Crippen MR) is 156 cm³/mol. The summed E-state index contributed by atoms with van der Waals surface area (Å²) >= 11 is 0. The van der Waals surface area contributed by atoms with Gasteiger partial charge >= 0.3 is 6.03 Å². The maximum Gasteiger partial charge on any atom is 0.318 e. The van der Waals surface area contributed by atoms with Crippen LogP contribution in [0.3, 0.4) is 0 Å². The number of nitrogens with one attached hydrogen (secondary N) is 1. The van der Waals surface area contributed by atoms with Gasteiger partial charge in [-0.25, -0.2) is 9.48 Å². The van der Waals surface area contributed by atoms with E-state index < -0.39 is 0 Å². The summed E-state index contributed by atoms with van der Waals surface area (Å²) in [4.78, 5) is 16.0. The van der Waals surface area contributed by atoms with Gasteiger partial charge in [-0.2, -0.15) is 5.10 Å². The van der Waals surface area contributed by atoms with Crippen LogP contribution >= 0.6 is 0 Å². The highest BCUT2D eigenvalue weighted by molar-refractivity contribution is 5.76. The highest BCUT2D eigenvalue weighted by atomic mass is 16.5. The first-order chi connectivity index (χ1) is 19.5. The number of urea groups is 1. The van der Waals surface area contributed by atoms with E-state index in [1.54, 1.807) is 0 Å². The van der Waals surface area contributed by atoms with Gasteiger partial charge in [0.25, 0.3) is 0 Å². The normalized spacial score (nSPS) is 14.3. The molecule has 202 valence electrons. The highest BCUT2D eigenvalue weighted by Gasteiger charge is 2.36. The van der Waals surface area contributed by atoms with E-state index in [-0.39, 0.29) is 12.1 Å². The molecule has 0 saturated carbocycles. The minimum atomic E-state index is -0.343. The lowest BCUT2D eigenvalue weighted by molar-refractivity contribution is 0.180. The zero-order valence-corrected chi connectivity index (χ0v) is 23.0. The molecule has 0 fully saturated rings. The summed E-state index contributed by atoms with van der Waals surface area (Å²) in [6.45, 7) is 7.47. The van der Waals surface area contributed by atoms with Gasteiger partial charge in [0.15, 0.2) is 0 Å². The van der Waals surface area contributed by atoms with Gasteiger partial charge in [0, 0.05) is 18.3 Å². The number of ether oxygens (including phenoxy) is 1. The van der Waals surface area contributed by atoms with Gasteiger partial charge in [-0.15, -0.1) is 0 Å². The highest BCUT2D eigenvalue weighted by Crippen LogP contribution is 2.39. The van der Waals surface area contributed by atoms with Crippen molar-refractivity contribution in [1.29, 1.82) is 0 Å². The van der Waals surface area contributed by atoms with Crippen LogP contribution in [0.15, 0.2) is 97.2 Å². The van der Waals surface area contributed by atoms with Crippen LogP contribution in [0.2, 0.25) is 0 Å². The third kappa shape index (κ3) is 4.75. The van der Waals surface area contributed by atoms with Crippen molar-refractivity contribution in [2.24, 2.45) is 0 Å². The number of amides is 2. The fourth-order valence-corrected chi connectivity index (χ4v) is 5.43. The fraction of sp³-hybridized carbons (Fsp3) is 0.212. The Labute approximate surface area is 234 Å². The quantitative estimate of drug-likeness (QED) is 0.272. The molecule has 0 radical (unpaired) electrons. The van der Waals surface area contributed by atoms with Crippen molar-refractivity contribution in [1.82, 2.24) is 24.6 Å². The van der Waals surface area contributed by atoms with E-state index in [1.165, 1.54) is 5.56 Å². The van der Waals surface area contributed by atoms with Gasteiger partial charge in [0.1, 0.15) is 11.6 Å². The van der Waals surface area contributed by atoms with Gasteiger partial charge in [0.2, 0.25) is 0 Å². The lowest BCUT2D eigenvalue weighted by Gasteiger charge is -2.31. The molecule has 1 unspecified atom stereocenters. The lowest BCUT2D eigenvalue weighted by Crippen LogP contribution is -2.41. The molecule has 1 aliphatic heterocycles. The number of para-hydroxylation sites is 1. The molecule has 40 heavy (non-hydrogen) atoms. The van der Waals surface area contributed by atoms with E-state index in [1.807, 2.05) is 65.9 Å². The van der Waals surface area contributed by atoms with Crippen molar-refractivity contribution in [2.75, 3.05) is 6.61 Å². The zero-order valence-electron chi connectivity index (χ0n) is 23.0. The summed E-state index contributed by atoms with van der Waals surface area (Å²) in [5.41, 5.74) is 7.08. The van der Waals surface area contributed by atoms with Crippen molar-refractivity contribution in [2.45, 2.75) is 39.9 Å². The first kappa shape index (κ1) is 25.5. The second kappa shape index (κ2) is 10.8. The summed E-state index contributed by atoms with van der Waals surface area (Å²) in [5, 5.41) is 8.12. The van der Waals surface area contributed by atoms with Gasteiger partial charge in [-0.3, -0.25) is 0 Å². The molecule has 3 aromatic carbocycles. The summed E-state index contributed by atoms with van der Waals surface area (Å²) in [6, 6.07) is 30.1. The monoisotopic (exact) mass is 531 g/mol. The average Bonchev–Trinajstić information content (AvgIpc) is 3.53. The Morgan fingerprint density at radius 2 is 1.77 bits per heavy atom. The van der Waals surface area contributed by atoms with Crippen LogP contribution in [0.5, 0.6) is 5.75 Å². The van der Waals surface area contributed by atoms with E-state index in [0.717, 1.165) is 45.3 Å². The first-order valence-electron chi connectivity index (χ1n) is 13.7. The molecule has 0 spiro atoms. The van der Waals surface area contributed by atoms with E-state index in [4.69, 9.17) is 9.84 Å². The number of carbonyl (C=O) groups excluding carboxylic acids is 1. The van der Waals surface area contributed by atoms with E-state index in [0.29, 0.717) is 19.7 Å². The Balaban J connectivity index is 1.47. The summed E-state index contributed by atoms with van der Waals surface area (Å²) in [6.07, 6.45) is 2.06. The average molecular weight is 532 g/mol. The minimum Gasteiger partial charge on any atom is -0.494 e. The molecule has 0 saturated heterocycles. The molecule has 6 rings (SSSR count). The van der Waals surface area contributed by atoms with Gasteiger partial charge in [-0.05, 0) is 68.3 Å². The number of fused-ring (bicyclic) bond motifs is 3. The van der Waals surface area contributed by atoms with Crippen molar-refractivity contribution in [3.63, 3.8) is 0 Å². The minimum absolute atomic E-state index is 0.139. The second-order valence-electron chi connectivity index (χ2n) is 10.1.